The summed E-state index contributed by atoms with van der Waals surface area (Å²) in [4.78, 5) is 10.9. The highest BCUT2D eigenvalue weighted by molar-refractivity contribution is 5.66. The van der Waals surface area contributed by atoms with Crippen LogP contribution in [0.25, 0.3) is 0 Å². The van der Waals surface area contributed by atoms with Crippen molar-refractivity contribution in [2.24, 2.45) is 0 Å². The fourth-order valence-electron chi connectivity index (χ4n) is 1.41. The molecule has 0 aromatic heterocycles. The molecule has 0 heterocycles. The predicted molar refractivity (Wildman–Crippen MR) is 68.3 cm³/mol. The molecular weight excluding hydrogens is 200 g/mol. The second-order valence-corrected chi connectivity index (χ2v) is 3.87. The summed E-state index contributed by atoms with van der Waals surface area (Å²) in [5, 5.41) is 0. The van der Waals surface area contributed by atoms with E-state index in [9.17, 15) is 4.79 Å². The highest BCUT2D eigenvalue weighted by atomic mass is 16.5. The zero-order valence-corrected chi connectivity index (χ0v) is 10.7. The van der Waals surface area contributed by atoms with Gasteiger partial charge in [-0.05, 0) is 12.8 Å². The van der Waals surface area contributed by atoms with Gasteiger partial charge in [0.2, 0.25) is 0 Å². The molecular formula is C14H24O2. The van der Waals surface area contributed by atoms with E-state index in [0.717, 1.165) is 32.1 Å². The van der Waals surface area contributed by atoms with Gasteiger partial charge in [-0.3, -0.25) is 4.79 Å². The van der Waals surface area contributed by atoms with Gasteiger partial charge in [0.05, 0.1) is 0 Å². The van der Waals surface area contributed by atoms with Crippen molar-refractivity contribution in [3.8, 4) is 0 Å². The highest BCUT2D eigenvalue weighted by Crippen LogP contribution is 2.10. The SMILES string of the molecule is CCC=C/C=C\CC(CCCC)OC(C)=O. The summed E-state index contributed by atoms with van der Waals surface area (Å²) in [6.07, 6.45) is 13.3. The summed E-state index contributed by atoms with van der Waals surface area (Å²) < 4.78 is 5.24. The van der Waals surface area contributed by atoms with Gasteiger partial charge in [-0.25, -0.2) is 0 Å². The van der Waals surface area contributed by atoms with Crippen molar-refractivity contribution in [3.63, 3.8) is 0 Å². The first kappa shape index (κ1) is 14.9. The van der Waals surface area contributed by atoms with Crippen LogP contribution >= 0.6 is 0 Å². The number of hydrogen-bond acceptors (Lipinski definition) is 2. The molecule has 92 valence electrons. The van der Waals surface area contributed by atoms with E-state index in [1.807, 2.05) is 12.2 Å². The quantitative estimate of drug-likeness (QED) is 0.460. The number of hydrogen-bond donors (Lipinski definition) is 0. The predicted octanol–water partition coefficient (Wildman–Crippen LogP) is 4.02. The van der Waals surface area contributed by atoms with Gasteiger partial charge in [0.25, 0.3) is 0 Å². The Bertz CT molecular complexity index is 229. The Kier molecular flexibility index (Phi) is 9.78. The van der Waals surface area contributed by atoms with Gasteiger partial charge < -0.3 is 4.74 Å². The van der Waals surface area contributed by atoms with Crippen LogP contribution in [0.2, 0.25) is 0 Å². The molecule has 0 spiro atoms. The van der Waals surface area contributed by atoms with Crippen molar-refractivity contribution in [3.05, 3.63) is 24.3 Å². The Morgan fingerprint density at radius 1 is 1.25 bits per heavy atom. The van der Waals surface area contributed by atoms with E-state index in [0.29, 0.717) is 0 Å². The molecule has 0 saturated heterocycles. The summed E-state index contributed by atoms with van der Waals surface area (Å²) in [5.74, 6) is -0.182. The fraction of sp³-hybridized carbons (Fsp3) is 0.643. The van der Waals surface area contributed by atoms with Gasteiger partial charge in [0.1, 0.15) is 6.10 Å². The largest absolute Gasteiger partial charge is 0.462 e. The summed E-state index contributed by atoms with van der Waals surface area (Å²) in [7, 11) is 0. The molecule has 0 fully saturated rings. The van der Waals surface area contributed by atoms with Crippen LogP contribution < -0.4 is 0 Å². The molecule has 0 bridgehead atoms. The minimum Gasteiger partial charge on any atom is -0.462 e. The standard InChI is InChI=1S/C14H24O2/c1-4-6-8-9-10-12-14(11-7-5-2)16-13(3)15/h6,8-10,14H,4-5,7,11-12H2,1-3H3/b8-6?,10-9-. The number of carbonyl (C=O) groups is 1. The van der Waals surface area contributed by atoms with Crippen molar-refractivity contribution in [1.82, 2.24) is 0 Å². The summed E-state index contributed by atoms with van der Waals surface area (Å²) in [6, 6.07) is 0. The van der Waals surface area contributed by atoms with Crippen molar-refractivity contribution in [2.75, 3.05) is 0 Å². The van der Waals surface area contributed by atoms with Crippen molar-refractivity contribution in [2.45, 2.75) is 59.0 Å². The molecule has 2 heteroatoms. The Balaban J connectivity index is 3.94. The maximum absolute atomic E-state index is 10.9. The van der Waals surface area contributed by atoms with Crippen LogP contribution in [0.4, 0.5) is 0 Å². The van der Waals surface area contributed by atoms with Gasteiger partial charge in [-0.1, -0.05) is 51.0 Å². The third-order valence-electron chi connectivity index (χ3n) is 2.23. The maximum atomic E-state index is 10.9. The molecule has 1 atom stereocenters. The molecule has 0 N–H and O–H groups in total. The fourth-order valence-corrected chi connectivity index (χ4v) is 1.41. The third-order valence-corrected chi connectivity index (χ3v) is 2.23. The Labute approximate surface area is 99.4 Å². The normalized spacial score (nSPS) is 13.4. The van der Waals surface area contributed by atoms with Crippen LogP contribution in [0, 0.1) is 0 Å². The van der Waals surface area contributed by atoms with E-state index >= 15 is 0 Å². The molecule has 0 aliphatic rings. The maximum Gasteiger partial charge on any atom is 0.302 e. The number of ether oxygens (including phenoxy) is 1. The Morgan fingerprint density at radius 2 is 1.94 bits per heavy atom. The lowest BCUT2D eigenvalue weighted by Crippen LogP contribution is -2.15. The van der Waals surface area contributed by atoms with Gasteiger partial charge in [0, 0.05) is 13.3 Å². The summed E-state index contributed by atoms with van der Waals surface area (Å²) in [5.41, 5.74) is 0. The van der Waals surface area contributed by atoms with Crippen LogP contribution in [-0.2, 0) is 9.53 Å². The molecule has 0 amide bonds. The summed E-state index contributed by atoms with van der Waals surface area (Å²) >= 11 is 0. The summed E-state index contributed by atoms with van der Waals surface area (Å²) in [6.45, 7) is 5.72. The monoisotopic (exact) mass is 224 g/mol. The smallest absolute Gasteiger partial charge is 0.302 e. The van der Waals surface area contributed by atoms with E-state index in [2.05, 4.69) is 26.0 Å². The second-order valence-electron chi connectivity index (χ2n) is 3.87. The first-order chi connectivity index (χ1) is 7.70. The van der Waals surface area contributed by atoms with Crippen molar-refractivity contribution in [1.29, 1.82) is 0 Å². The van der Waals surface area contributed by atoms with Crippen LogP contribution in [-0.4, -0.2) is 12.1 Å². The average Bonchev–Trinajstić information content (AvgIpc) is 2.24. The lowest BCUT2D eigenvalue weighted by molar-refractivity contribution is -0.146. The van der Waals surface area contributed by atoms with E-state index in [4.69, 9.17) is 4.74 Å². The lowest BCUT2D eigenvalue weighted by Gasteiger charge is -2.14. The first-order valence-corrected chi connectivity index (χ1v) is 6.19. The first-order valence-electron chi connectivity index (χ1n) is 6.19. The molecule has 0 radical (unpaired) electrons. The molecule has 0 aromatic rings. The minimum atomic E-state index is -0.182. The Hall–Kier alpha value is -1.05. The van der Waals surface area contributed by atoms with Crippen molar-refractivity contribution < 1.29 is 9.53 Å². The zero-order valence-electron chi connectivity index (χ0n) is 10.7. The van der Waals surface area contributed by atoms with Gasteiger partial charge in [-0.15, -0.1) is 0 Å². The van der Waals surface area contributed by atoms with Gasteiger partial charge in [0.15, 0.2) is 0 Å². The molecule has 0 rings (SSSR count). The minimum absolute atomic E-state index is 0.0451. The molecule has 0 saturated carbocycles. The third kappa shape index (κ3) is 9.50. The molecule has 1 unspecified atom stereocenters. The molecule has 0 aliphatic heterocycles. The van der Waals surface area contributed by atoms with Crippen LogP contribution in [0.5, 0.6) is 0 Å². The molecule has 0 aliphatic carbocycles. The van der Waals surface area contributed by atoms with E-state index in [1.54, 1.807) is 0 Å². The number of esters is 1. The van der Waals surface area contributed by atoms with Crippen LogP contribution in [0.15, 0.2) is 24.3 Å². The Morgan fingerprint density at radius 3 is 2.50 bits per heavy atom. The number of rotatable bonds is 8. The number of unbranched alkanes of at least 4 members (excludes halogenated alkanes) is 1. The molecule has 16 heavy (non-hydrogen) atoms. The van der Waals surface area contributed by atoms with Crippen molar-refractivity contribution >= 4 is 5.97 Å². The van der Waals surface area contributed by atoms with Gasteiger partial charge >= 0.3 is 5.97 Å². The zero-order chi connectivity index (χ0) is 12.2. The van der Waals surface area contributed by atoms with E-state index in [1.165, 1.54) is 6.92 Å². The van der Waals surface area contributed by atoms with E-state index < -0.39 is 0 Å². The molecule has 2 nitrogen and oxygen atoms in total. The lowest BCUT2D eigenvalue weighted by atomic mass is 10.1. The van der Waals surface area contributed by atoms with E-state index in [-0.39, 0.29) is 12.1 Å². The van der Waals surface area contributed by atoms with Gasteiger partial charge in [-0.2, -0.15) is 0 Å². The number of carbonyl (C=O) groups excluding carboxylic acids is 1. The molecule has 0 aromatic carbocycles. The average molecular weight is 224 g/mol. The van der Waals surface area contributed by atoms with Crippen LogP contribution in [0.3, 0.4) is 0 Å². The topological polar surface area (TPSA) is 26.3 Å². The second kappa shape index (κ2) is 10.5. The van der Waals surface area contributed by atoms with Crippen LogP contribution in [0.1, 0.15) is 52.9 Å². The number of allylic oxidation sites excluding steroid dienone is 3. The highest BCUT2D eigenvalue weighted by Gasteiger charge is 2.08.